The third kappa shape index (κ3) is 3.48. The molecule has 19 heavy (non-hydrogen) atoms. The van der Waals surface area contributed by atoms with E-state index in [1.807, 2.05) is 32.3 Å². The molecule has 2 rings (SSSR count). The summed E-state index contributed by atoms with van der Waals surface area (Å²) in [6.45, 7) is 1.63. The number of halogens is 1. The molecule has 1 saturated heterocycles. The fourth-order valence-corrected chi connectivity index (χ4v) is 3.14. The van der Waals surface area contributed by atoms with Gasteiger partial charge in [-0.05, 0) is 38.2 Å². The van der Waals surface area contributed by atoms with Crippen LogP contribution >= 0.6 is 15.9 Å². The van der Waals surface area contributed by atoms with Crippen molar-refractivity contribution in [2.24, 2.45) is 0 Å². The van der Waals surface area contributed by atoms with Crippen LogP contribution in [-0.4, -0.2) is 54.4 Å². The first-order valence-electron chi connectivity index (χ1n) is 6.50. The first-order valence-corrected chi connectivity index (χ1v) is 7.29. The number of hydrogen-bond donors (Lipinski definition) is 2. The summed E-state index contributed by atoms with van der Waals surface area (Å²) < 4.78 is 0.914. The molecule has 1 aliphatic heterocycles. The number of benzene rings is 1. The molecule has 1 fully saturated rings. The fourth-order valence-electron chi connectivity index (χ4n) is 2.65. The summed E-state index contributed by atoms with van der Waals surface area (Å²) >= 11 is 3.48. The van der Waals surface area contributed by atoms with Gasteiger partial charge in [0.1, 0.15) is 0 Å². The number of nitrogens with zero attached hydrogens (tertiary/aromatic N) is 2. The van der Waals surface area contributed by atoms with Gasteiger partial charge < -0.3 is 20.0 Å². The minimum absolute atomic E-state index is 0.0324. The Morgan fingerprint density at radius 1 is 1.42 bits per heavy atom. The van der Waals surface area contributed by atoms with Gasteiger partial charge in [-0.3, -0.25) is 0 Å². The van der Waals surface area contributed by atoms with Gasteiger partial charge in [-0.15, -0.1) is 0 Å². The van der Waals surface area contributed by atoms with E-state index >= 15 is 0 Å². The van der Waals surface area contributed by atoms with Crippen LogP contribution < -0.4 is 4.90 Å². The van der Waals surface area contributed by atoms with Crippen molar-refractivity contribution in [2.75, 3.05) is 32.1 Å². The molecule has 2 unspecified atom stereocenters. The van der Waals surface area contributed by atoms with E-state index in [2.05, 4.69) is 25.7 Å². The van der Waals surface area contributed by atoms with Crippen molar-refractivity contribution in [3.8, 4) is 0 Å². The second-order valence-corrected chi connectivity index (χ2v) is 6.25. The third-order valence-corrected chi connectivity index (χ3v) is 4.25. The van der Waals surface area contributed by atoms with Gasteiger partial charge in [-0.2, -0.15) is 0 Å². The van der Waals surface area contributed by atoms with Crippen molar-refractivity contribution in [3.63, 3.8) is 0 Å². The van der Waals surface area contributed by atoms with Crippen molar-refractivity contribution in [1.82, 2.24) is 4.90 Å². The lowest BCUT2D eigenvalue weighted by Crippen LogP contribution is -2.37. The van der Waals surface area contributed by atoms with Crippen molar-refractivity contribution in [1.29, 1.82) is 0 Å². The minimum atomic E-state index is -0.263. The molecule has 2 N–H and O–H groups in total. The molecule has 0 aliphatic carbocycles. The summed E-state index contributed by atoms with van der Waals surface area (Å²) in [4.78, 5) is 4.39. The monoisotopic (exact) mass is 328 g/mol. The van der Waals surface area contributed by atoms with E-state index in [9.17, 15) is 10.2 Å². The Bertz CT molecular complexity index is 439. The van der Waals surface area contributed by atoms with E-state index in [-0.39, 0.29) is 12.7 Å². The lowest BCUT2D eigenvalue weighted by Gasteiger charge is -2.29. The van der Waals surface area contributed by atoms with Crippen molar-refractivity contribution in [3.05, 3.63) is 28.2 Å². The van der Waals surface area contributed by atoms with E-state index in [4.69, 9.17) is 0 Å². The number of likely N-dealkylation sites (N-methyl/N-ethyl adjacent to an activating group) is 1. The Hall–Kier alpha value is -0.620. The highest BCUT2D eigenvalue weighted by Gasteiger charge is 2.31. The van der Waals surface area contributed by atoms with Gasteiger partial charge in [-0.25, -0.2) is 0 Å². The molecule has 4 nitrogen and oxygen atoms in total. The lowest BCUT2D eigenvalue weighted by molar-refractivity contribution is 0.191. The summed E-state index contributed by atoms with van der Waals surface area (Å²) in [5, 5.41) is 19.1. The molecule has 106 valence electrons. The lowest BCUT2D eigenvalue weighted by atomic mass is 10.1. The highest BCUT2D eigenvalue weighted by atomic mass is 79.9. The van der Waals surface area contributed by atoms with Gasteiger partial charge in [0, 0.05) is 29.3 Å². The molecular weight excluding hydrogens is 308 g/mol. The summed E-state index contributed by atoms with van der Waals surface area (Å²) in [5.74, 6) is 0. The van der Waals surface area contributed by atoms with Crippen LogP contribution in [0.25, 0.3) is 0 Å². The molecule has 1 aromatic rings. The normalized spacial score (nSPS) is 23.4. The number of anilines is 1. The van der Waals surface area contributed by atoms with Gasteiger partial charge in [-0.1, -0.05) is 22.0 Å². The molecule has 0 spiro atoms. The van der Waals surface area contributed by atoms with Crippen LogP contribution in [0.4, 0.5) is 5.69 Å². The Kier molecular flexibility index (Phi) is 4.84. The minimum Gasteiger partial charge on any atom is -0.392 e. The molecule has 2 atom stereocenters. The maximum atomic E-state index is 9.90. The van der Waals surface area contributed by atoms with Gasteiger partial charge in [0.25, 0.3) is 0 Å². The first kappa shape index (κ1) is 14.8. The summed E-state index contributed by atoms with van der Waals surface area (Å²) in [6.07, 6.45) is 0.540. The zero-order valence-corrected chi connectivity index (χ0v) is 13.0. The molecule has 1 aromatic carbocycles. The molecule has 0 amide bonds. The largest absolute Gasteiger partial charge is 0.392 e. The molecule has 0 radical (unpaired) electrons. The van der Waals surface area contributed by atoms with Gasteiger partial charge in [0.2, 0.25) is 0 Å². The molecule has 1 heterocycles. The van der Waals surface area contributed by atoms with E-state index in [1.54, 1.807) is 0 Å². The average molecular weight is 329 g/mol. The second kappa shape index (κ2) is 6.22. The van der Waals surface area contributed by atoms with Crippen LogP contribution in [0, 0.1) is 0 Å². The highest BCUT2D eigenvalue weighted by Crippen LogP contribution is 2.30. The van der Waals surface area contributed by atoms with Crippen LogP contribution in [0.5, 0.6) is 0 Å². The molecule has 1 aliphatic rings. The zero-order chi connectivity index (χ0) is 14.0. The Labute approximate surface area is 122 Å². The predicted molar refractivity (Wildman–Crippen MR) is 80.4 cm³/mol. The van der Waals surface area contributed by atoms with Gasteiger partial charge in [0.15, 0.2) is 0 Å². The van der Waals surface area contributed by atoms with Crippen molar-refractivity contribution in [2.45, 2.75) is 25.2 Å². The van der Waals surface area contributed by atoms with Gasteiger partial charge in [0.05, 0.1) is 12.7 Å². The van der Waals surface area contributed by atoms with Crippen molar-refractivity contribution >= 4 is 21.6 Å². The van der Waals surface area contributed by atoms with Crippen LogP contribution in [0.15, 0.2) is 22.7 Å². The SMILES string of the molecule is CN(C)CC1CC(O)CN1c1ccc(CO)c(Br)c1. The van der Waals surface area contributed by atoms with Gasteiger partial charge >= 0.3 is 0 Å². The average Bonchev–Trinajstić information content (AvgIpc) is 2.69. The number of aliphatic hydroxyl groups excluding tert-OH is 2. The highest BCUT2D eigenvalue weighted by molar-refractivity contribution is 9.10. The van der Waals surface area contributed by atoms with Crippen molar-refractivity contribution < 1.29 is 10.2 Å². The Morgan fingerprint density at radius 2 is 2.16 bits per heavy atom. The summed E-state index contributed by atoms with van der Waals surface area (Å²) in [7, 11) is 4.10. The summed E-state index contributed by atoms with van der Waals surface area (Å²) in [5.41, 5.74) is 1.97. The van der Waals surface area contributed by atoms with Crippen LogP contribution in [-0.2, 0) is 6.61 Å². The number of aliphatic hydroxyl groups is 2. The van der Waals surface area contributed by atoms with E-state index < -0.39 is 0 Å². The van der Waals surface area contributed by atoms with Crippen LogP contribution in [0.3, 0.4) is 0 Å². The number of rotatable bonds is 4. The predicted octanol–water partition coefficient (Wildman–Crippen LogP) is 1.44. The third-order valence-electron chi connectivity index (χ3n) is 3.51. The van der Waals surface area contributed by atoms with Crippen LogP contribution in [0.2, 0.25) is 0 Å². The molecular formula is C14H21BrN2O2. The molecule has 0 aromatic heterocycles. The van der Waals surface area contributed by atoms with E-state index in [0.29, 0.717) is 12.6 Å². The quantitative estimate of drug-likeness (QED) is 0.878. The van der Waals surface area contributed by atoms with E-state index in [1.165, 1.54) is 0 Å². The Morgan fingerprint density at radius 3 is 2.74 bits per heavy atom. The second-order valence-electron chi connectivity index (χ2n) is 5.39. The van der Waals surface area contributed by atoms with Crippen LogP contribution in [0.1, 0.15) is 12.0 Å². The number of β-amino-alcohol motifs (C(OH)–C–C–N with tert-alkyl or cyclic N) is 1. The first-order chi connectivity index (χ1) is 9.01. The maximum absolute atomic E-state index is 9.90. The molecule has 5 heteroatoms. The smallest absolute Gasteiger partial charge is 0.0735 e. The topological polar surface area (TPSA) is 46.9 Å². The summed E-state index contributed by atoms with van der Waals surface area (Å²) in [6, 6.07) is 6.29. The fraction of sp³-hybridized carbons (Fsp3) is 0.571. The number of hydrogen-bond acceptors (Lipinski definition) is 4. The standard InChI is InChI=1S/C14H21BrN2O2/c1-16(2)7-12-5-13(19)8-17(12)11-4-3-10(9-18)14(15)6-11/h3-4,6,12-13,18-19H,5,7-9H2,1-2H3. The molecule has 0 bridgehead atoms. The maximum Gasteiger partial charge on any atom is 0.0735 e. The zero-order valence-electron chi connectivity index (χ0n) is 11.4. The Balaban J connectivity index is 2.21. The van der Waals surface area contributed by atoms with E-state index in [0.717, 1.165) is 28.7 Å². The molecule has 0 saturated carbocycles.